The van der Waals surface area contributed by atoms with Crippen molar-refractivity contribution in [3.05, 3.63) is 52.9 Å². The van der Waals surface area contributed by atoms with Crippen molar-refractivity contribution in [3.63, 3.8) is 0 Å². The van der Waals surface area contributed by atoms with E-state index in [-0.39, 0.29) is 24.0 Å². The van der Waals surface area contributed by atoms with Gasteiger partial charge in [-0.25, -0.2) is 0 Å². The van der Waals surface area contributed by atoms with Crippen molar-refractivity contribution in [2.45, 2.75) is 71.5 Å². The molecule has 2 aromatic rings. The van der Waals surface area contributed by atoms with Gasteiger partial charge in [-0.15, -0.1) is 24.0 Å². The van der Waals surface area contributed by atoms with Crippen LogP contribution in [0.25, 0.3) is 0 Å². The summed E-state index contributed by atoms with van der Waals surface area (Å²) in [5.41, 5.74) is 3.79. The van der Waals surface area contributed by atoms with Crippen molar-refractivity contribution in [2.24, 2.45) is 4.99 Å². The summed E-state index contributed by atoms with van der Waals surface area (Å²) in [6.07, 6.45) is 4.41. The molecule has 0 bridgehead atoms. The number of benzene rings is 1. The molecule has 0 unspecified atom stereocenters. The summed E-state index contributed by atoms with van der Waals surface area (Å²) in [6.45, 7) is 10.4. The van der Waals surface area contributed by atoms with Crippen LogP contribution in [0.2, 0.25) is 0 Å². The van der Waals surface area contributed by atoms with Gasteiger partial charge in [-0.05, 0) is 38.2 Å². The molecule has 2 heterocycles. The monoisotopic (exact) mass is 539 g/mol. The minimum absolute atomic E-state index is 0. The number of aliphatic imine (C=N–C) groups is 1. The maximum atomic E-state index is 5.51. The quantitative estimate of drug-likeness (QED) is 0.286. The van der Waals surface area contributed by atoms with E-state index in [1.54, 1.807) is 0 Å². The Morgan fingerprint density at radius 3 is 2.61 bits per heavy atom. The predicted molar refractivity (Wildman–Crippen MR) is 138 cm³/mol. The summed E-state index contributed by atoms with van der Waals surface area (Å²) in [4.78, 5) is 6.93. The average molecular weight is 540 g/mol. The molecule has 1 aliphatic rings. The van der Waals surface area contributed by atoms with Gasteiger partial charge >= 0.3 is 0 Å². The predicted octanol–water partition coefficient (Wildman–Crippen LogP) is 4.83. The van der Waals surface area contributed by atoms with Crippen molar-refractivity contribution >= 4 is 29.9 Å². The van der Waals surface area contributed by atoms with Crippen LogP contribution in [-0.2, 0) is 13.1 Å². The third kappa shape index (κ3) is 7.79. The number of hydrogen-bond donors (Lipinski definition) is 2. The molecular weight excluding hydrogens is 501 g/mol. The van der Waals surface area contributed by atoms with Crippen molar-refractivity contribution < 1.29 is 4.52 Å². The first-order valence-corrected chi connectivity index (χ1v) is 11.3. The minimum atomic E-state index is 0. The van der Waals surface area contributed by atoms with Gasteiger partial charge in [0.25, 0.3) is 0 Å². The Kier molecular flexibility index (Phi) is 10.8. The third-order valence-electron chi connectivity index (χ3n) is 6.05. The standard InChI is InChI=1S/C24H37N5O.HI/c1-5-20(6-2)23-15-22(30-28-23)16-26-24(25-4)27-21-10-12-29(13-11-21)17-19-9-7-8-18(3)14-19;/h7-9,14-15,20-21H,5-6,10-13,16-17H2,1-4H3,(H2,25,26,27);1H. The van der Waals surface area contributed by atoms with Gasteiger partial charge in [0.15, 0.2) is 11.7 Å². The Morgan fingerprint density at radius 2 is 1.97 bits per heavy atom. The van der Waals surface area contributed by atoms with Gasteiger partial charge in [-0.3, -0.25) is 9.89 Å². The minimum Gasteiger partial charge on any atom is -0.359 e. The molecule has 1 fully saturated rings. The molecule has 172 valence electrons. The number of likely N-dealkylation sites (tertiary alicyclic amines) is 1. The second-order valence-corrected chi connectivity index (χ2v) is 8.34. The summed E-state index contributed by atoms with van der Waals surface area (Å²) in [5.74, 6) is 2.16. The average Bonchev–Trinajstić information content (AvgIpc) is 3.22. The molecule has 0 saturated carbocycles. The zero-order valence-corrected chi connectivity index (χ0v) is 21.7. The topological polar surface area (TPSA) is 65.7 Å². The van der Waals surface area contributed by atoms with Gasteiger partial charge in [0.05, 0.1) is 12.2 Å². The van der Waals surface area contributed by atoms with E-state index in [0.717, 1.165) is 62.7 Å². The SMILES string of the molecule is CCC(CC)c1cc(CNC(=NC)NC2CCN(Cc3cccc(C)c3)CC2)on1.I. The first-order chi connectivity index (χ1) is 14.6. The number of nitrogens with one attached hydrogen (secondary N) is 2. The summed E-state index contributed by atoms with van der Waals surface area (Å²) < 4.78 is 5.51. The van der Waals surface area contributed by atoms with Gasteiger partial charge in [0.2, 0.25) is 0 Å². The lowest BCUT2D eigenvalue weighted by Gasteiger charge is -2.33. The van der Waals surface area contributed by atoms with Gasteiger partial charge in [-0.1, -0.05) is 48.8 Å². The Bertz CT molecular complexity index is 810. The molecule has 0 amide bonds. The highest BCUT2D eigenvalue weighted by atomic mass is 127. The molecule has 0 aliphatic carbocycles. The van der Waals surface area contributed by atoms with Crippen LogP contribution in [0, 0.1) is 6.92 Å². The van der Waals surface area contributed by atoms with Crippen LogP contribution < -0.4 is 10.6 Å². The van der Waals surface area contributed by atoms with Gasteiger partial charge in [0.1, 0.15) is 0 Å². The number of rotatable bonds is 8. The Morgan fingerprint density at radius 1 is 1.23 bits per heavy atom. The molecule has 31 heavy (non-hydrogen) atoms. The van der Waals surface area contributed by atoms with Gasteiger partial charge in [-0.2, -0.15) is 0 Å². The number of guanidine groups is 1. The molecule has 7 heteroatoms. The molecule has 0 atom stereocenters. The molecule has 2 N–H and O–H groups in total. The molecule has 1 saturated heterocycles. The van der Waals surface area contributed by atoms with Crippen LogP contribution >= 0.6 is 24.0 Å². The van der Waals surface area contributed by atoms with E-state index in [9.17, 15) is 0 Å². The van der Waals surface area contributed by atoms with Crippen molar-refractivity contribution in [2.75, 3.05) is 20.1 Å². The lowest BCUT2D eigenvalue weighted by molar-refractivity contribution is 0.198. The summed E-state index contributed by atoms with van der Waals surface area (Å²) >= 11 is 0. The molecule has 0 radical (unpaired) electrons. The third-order valence-corrected chi connectivity index (χ3v) is 6.05. The number of halogens is 1. The van der Waals surface area contributed by atoms with Crippen LogP contribution in [-0.4, -0.2) is 42.2 Å². The number of hydrogen-bond acceptors (Lipinski definition) is 4. The lowest BCUT2D eigenvalue weighted by Crippen LogP contribution is -2.48. The Labute approximate surface area is 204 Å². The van der Waals surface area contributed by atoms with E-state index in [1.165, 1.54) is 11.1 Å². The van der Waals surface area contributed by atoms with E-state index in [4.69, 9.17) is 4.52 Å². The highest BCUT2D eigenvalue weighted by Gasteiger charge is 2.20. The highest BCUT2D eigenvalue weighted by Crippen LogP contribution is 2.22. The van der Waals surface area contributed by atoms with E-state index in [2.05, 4.69) is 76.8 Å². The number of nitrogens with zero attached hydrogens (tertiary/aromatic N) is 3. The molecule has 0 spiro atoms. The zero-order valence-electron chi connectivity index (χ0n) is 19.4. The van der Waals surface area contributed by atoms with E-state index >= 15 is 0 Å². The number of aromatic nitrogens is 1. The van der Waals surface area contributed by atoms with E-state index < -0.39 is 0 Å². The van der Waals surface area contributed by atoms with Crippen molar-refractivity contribution in [1.82, 2.24) is 20.7 Å². The van der Waals surface area contributed by atoms with Crippen molar-refractivity contribution in [3.8, 4) is 0 Å². The summed E-state index contributed by atoms with van der Waals surface area (Å²) in [6, 6.07) is 11.3. The van der Waals surface area contributed by atoms with Crippen LogP contribution in [0.15, 0.2) is 39.8 Å². The van der Waals surface area contributed by atoms with Crippen LogP contribution in [0.1, 0.15) is 68.0 Å². The maximum Gasteiger partial charge on any atom is 0.191 e. The fourth-order valence-electron chi connectivity index (χ4n) is 4.17. The van der Waals surface area contributed by atoms with E-state index in [0.29, 0.717) is 18.5 Å². The molecule has 1 aromatic heterocycles. The zero-order chi connectivity index (χ0) is 21.3. The number of piperidine rings is 1. The molecule has 6 nitrogen and oxygen atoms in total. The molecule has 3 rings (SSSR count). The lowest BCUT2D eigenvalue weighted by atomic mass is 9.99. The second-order valence-electron chi connectivity index (χ2n) is 8.34. The van der Waals surface area contributed by atoms with Crippen molar-refractivity contribution in [1.29, 1.82) is 0 Å². The first kappa shape index (κ1) is 25.6. The fourth-order valence-corrected chi connectivity index (χ4v) is 4.17. The maximum absolute atomic E-state index is 5.51. The summed E-state index contributed by atoms with van der Waals surface area (Å²) in [5, 5.41) is 11.2. The van der Waals surface area contributed by atoms with Gasteiger partial charge in [0, 0.05) is 44.7 Å². The van der Waals surface area contributed by atoms with Crippen LogP contribution in [0.5, 0.6) is 0 Å². The Balaban J connectivity index is 0.00000341. The Hall–Kier alpha value is -1.61. The van der Waals surface area contributed by atoms with Crippen LogP contribution in [0.3, 0.4) is 0 Å². The number of aryl methyl sites for hydroxylation is 1. The second kappa shape index (κ2) is 13.1. The molecule has 1 aromatic carbocycles. The van der Waals surface area contributed by atoms with E-state index in [1.807, 2.05) is 7.05 Å². The van der Waals surface area contributed by atoms with Crippen LogP contribution in [0.4, 0.5) is 0 Å². The fraction of sp³-hybridized carbons (Fsp3) is 0.583. The molecule has 1 aliphatic heterocycles. The highest BCUT2D eigenvalue weighted by molar-refractivity contribution is 14.0. The first-order valence-electron chi connectivity index (χ1n) is 11.3. The normalized spacial score (nSPS) is 15.7. The molecular formula is C24H38IN5O. The smallest absolute Gasteiger partial charge is 0.191 e. The summed E-state index contributed by atoms with van der Waals surface area (Å²) in [7, 11) is 1.82. The largest absolute Gasteiger partial charge is 0.359 e. The van der Waals surface area contributed by atoms with Gasteiger partial charge < -0.3 is 15.2 Å².